The van der Waals surface area contributed by atoms with Gasteiger partial charge in [-0.05, 0) is 143 Å². The van der Waals surface area contributed by atoms with Crippen LogP contribution in [0.5, 0.6) is 0 Å². The summed E-state index contributed by atoms with van der Waals surface area (Å²) >= 11 is 0. The van der Waals surface area contributed by atoms with E-state index in [2.05, 4.69) is 6.07 Å². The summed E-state index contributed by atoms with van der Waals surface area (Å²) in [7, 11) is 0. The lowest BCUT2D eigenvalue weighted by Crippen LogP contribution is -2.14. The van der Waals surface area contributed by atoms with Crippen molar-refractivity contribution < 1.29 is 79.0 Å². The minimum Gasteiger partial charge on any atom is -0.309 e. The predicted molar refractivity (Wildman–Crippen MR) is 271 cm³/mol. The first-order valence-electron chi connectivity index (χ1n) is 24.3. The Kier molecular flexibility index (Phi) is 12.8. The van der Waals surface area contributed by atoms with Crippen LogP contribution in [0.15, 0.2) is 164 Å². The van der Waals surface area contributed by atoms with Crippen LogP contribution >= 0.6 is 0 Å². The third-order valence-corrected chi connectivity index (χ3v) is 14.4. The molecule has 21 heteroatoms. The van der Waals surface area contributed by atoms with Gasteiger partial charge in [-0.1, -0.05) is 66.7 Å². The highest BCUT2D eigenvalue weighted by Crippen LogP contribution is 2.48. The Bertz CT molecular complexity index is 4210. The standard InChI is InChI=1S/C61H31F18N3/c62-56(63,64)38-18-35(19-39(27-38)57(65,66)67)32-11-15-52-48(24-32)44-5-1-3-7-50(44)81(52)54-17-31(30-80)9-13-46(54)47-14-10-34(37-22-42(60(74,75)76)29-43(23-37)61(77,78)79)26-55(47)82-51-8-4-2-6-45(51)49-25-33(12-16-53(49)82)36-20-40(58(68,69)70)28-41(21-36)59(71,72)73/h1-23,25-29,32H,24H2. The number of hydrogen-bond donors (Lipinski definition) is 0. The van der Waals surface area contributed by atoms with E-state index in [9.17, 15) is 84.3 Å². The first kappa shape index (κ1) is 55.0. The average molecular weight is 1150 g/mol. The van der Waals surface area contributed by atoms with Gasteiger partial charge in [0.25, 0.3) is 0 Å². The first-order chi connectivity index (χ1) is 38.4. The number of para-hydroxylation sites is 2. The van der Waals surface area contributed by atoms with Crippen LogP contribution in [-0.4, -0.2) is 9.13 Å². The normalized spacial score (nSPS) is 14.5. The van der Waals surface area contributed by atoms with E-state index in [1.807, 2.05) is 0 Å². The number of allylic oxidation sites excluding steroid dienone is 1. The second-order valence-corrected chi connectivity index (χ2v) is 19.5. The topological polar surface area (TPSA) is 33.6 Å². The molecule has 82 heavy (non-hydrogen) atoms. The van der Waals surface area contributed by atoms with Crippen LogP contribution in [-0.2, 0) is 43.5 Å². The molecule has 11 rings (SSSR count). The number of halogens is 18. The van der Waals surface area contributed by atoms with E-state index in [-0.39, 0.29) is 85.8 Å². The number of nitriles is 1. The molecule has 8 aromatic carbocycles. The Hall–Kier alpha value is -8.93. The summed E-state index contributed by atoms with van der Waals surface area (Å²) in [5.74, 6) is -1.04. The fraction of sp³-hybridized carbons (Fsp3) is 0.131. The van der Waals surface area contributed by atoms with Crippen LogP contribution in [0, 0.1) is 11.3 Å². The van der Waals surface area contributed by atoms with E-state index in [1.54, 1.807) is 57.7 Å². The fourth-order valence-corrected chi connectivity index (χ4v) is 10.7. The van der Waals surface area contributed by atoms with Crippen molar-refractivity contribution >= 4 is 38.8 Å². The molecule has 0 bridgehead atoms. The van der Waals surface area contributed by atoms with Gasteiger partial charge in [-0.15, -0.1) is 0 Å². The molecule has 0 amide bonds. The van der Waals surface area contributed by atoms with Crippen LogP contribution < -0.4 is 0 Å². The van der Waals surface area contributed by atoms with Crippen molar-refractivity contribution in [3.8, 4) is 50.8 Å². The molecule has 3 nitrogen and oxygen atoms in total. The van der Waals surface area contributed by atoms with Crippen molar-refractivity contribution in [1.82, 2.24) is 9.13 Å². The van der Waals surface area contributed by atoms with Crippen molar-refractivity contribution in [2.75, 3.05) is 0 Å². The molecule has 416 valence electrons. The molecule has 0 radical (unpaired) electrons. The van der Waals surface area contributed by atoms with Crippen molar-refractivity contribution in [1.29, 1.82) is 5.26 Å². The van der Waals surface area contributed by atoms with Gasteiger partial charge >= 0.3 is 37.1 Å². The predicted octanol–water partition coefficient (Wildman–Crippen LogP) is 20.1. The molecule has 10 aromatic rings. The monoisotopic (exact) mass is 1150 g/mol. The van der Waals surface area contributed by atoms with Gasteiger partial charge in [-0.3, -0.25) is 0 Å². The van der Waals surface area contributed by atoms with Gasteiger partial charge in [0.05, 0.1) is 72.9 Å². The third kappa shape index (κ3) is 9.97. The van der Waals surface area contributed by atoms with E-state index in [1.165, 1.54) is 66.7 Å². The molecule has 2 heterocycles. The molecule has 2 aromatic heterocycles. The van der Waals surface area contributed by atoms with E-state index in [0.29, 0.717) is 63.9 Å². The minimum atomic E-state index is -5.27. The maximum absolute atomic E-state index is 14.4. The van der Waals surface area contributed by atoms with Gasteiger partial charge in [0.2, 0.25) is 0 Å². The number of aromatic nitrogens is 2. The number of rotatable bonds is 6. The zero-order valence-electron chi connectivity index (χ0n) is 41.1. The molecule has 1 aliphatic rings. The van der Waals surface area contributed by atoms with Gasteiger partial charge in [-0.25, -0.2) is 0 Å². The molecular formula is C61H31F18N3. The molecule has 0 N–H and O–H groups in total. The average Bonchev–Trinajstić information content (AvgIpc) is 2.36. The van der Waals surface area contributed by atoms with Crippen LogP contribution in [0.25, 0.3) is 83.5 Å². The fourth-order valence-electron chi connectivity index (χ4n) is 10.7. The summed E-state index contributed by atoms with van der Waals surface area (Å²) in [6, 6.07) is 30.6. The Morgan fingerprint density at radius 3 is 1.29 bits per heavy atom. The summed E-state index contributed by atoms with van der Waals surface area (Å²) in [6.45, 7) is 0. The Morgan fingerprint density at radius 1 is 0.378 bits per heavy atom. The highest BCUT2D eigenvalue weighted by Gasteiger charge is 2.41. The number of alkyl halides is 18. The van der Waals surface area contributed by atoms with Crippen LogP contribution in [0.3, 0.4) is 0 Å². The first-order valence-corrected chi connectivity index (χ1v) is 24.3. The number of benzene rings is 8. The molecule has 0 saturated heterocycles. The zero-order chi connectivity index (χ0) is 58.8. The molecule has 0 spiro atoms. The van der Waals surface area contributed by atoms with Crippen molar-refractivity contribution in [2.24, 2.45) is 0 Å². The van der Waals surface area contributed by atoms with Gasteiger partial charge in [0.15, 0.2) is 0 Å². The van der Waals surface area contributed by atoms with Gasteiger partial charge in [-0.2, -0.15) is 84.3 Å². The SMILES string of the molecule is N#Cc1ccc(-c2ccc(-c3cc(C(F)(F)F)cc(C(F)(F)F)c3)cc2-n2c3ccccc3c3cc(-c4cc(C(F)(F)F)cc(C(F)(F)F)c4)ccc32)c(-n2c3c(c4ccccc42)CC(c2cc(C(F)(F)F)cc(C(F)(F)F)c2)C=C3)c1. The highest BCUT2D eigenvalue weighted by atomic mass is 19.4. The molecule has 1 aliphatic carbocycles. The summed E-state index contributed by atoms with van der Waals surface area (Å²) < 4.78 is 259. The number of fused-ring (bicyclic) bond motifs is 6. The summed E-state index contributed by atoms with van der Waals surface area (Å²) in [5.41, 5.74) is -8.67. The quantitative estimate of drug-likeness (QED) is 0.153. The Balaban J connectivity index is 1.18. The molecule has 1 unspecified atom stereocenters. The molecule has 0 fully saturated rings. The molecule has 0 aliphatic heterocycles. The number of hydrogen-bond acceptors (Lipinski definition) is 1. The highest BCUT2D eigenvalue weighted by molar-refractivity contribution is 6.11. The van der Waals surface area contributed by atoms with Crippen LogP contribution in [0.2, 0.25) is 0 Å². The second kappa shape index (κ2) is 19.1. The second-order valence-electron chi connectivity index (χ2n) is 19.5. The van der Waals surface area contributed by atoms with Crippen molar-refractivity contribution in [3.63, 3.8) is 0 Å². The Morgan fingerprint density at radius 2 is 0.793 bits per heavy atom. The maximum atomic E-state index is 14.4. The van der Waals surface area contributed by atoms with Crippen molar-refractivity contribution in [2.45, 2.75) is 49.4 Å². The molecular weight excluding hydrogens is 1120 g/mol. The lowest BCUT2D eigenvalue weighted by atomic mass is 9.85. The zero-order valence-corrected chi connectivity index (χ0v) is 41.1. The van der Waals surface area contributed by atoms with E-state index < -0.39 is 87.5 Å². The van der Waals surface area contributed by atoms with E-state index in [4.69, 9.17) is 0 Å². The lowest BCUT2D eigenvalue weighted by Gasteiger charge is -2.23. The lowest BCUT2D eigenvalue weighted by molar-refractivity contribution is -0.144. The van der Waals surface area contributed by atoms with Crippen LogP contribution in [0.1, 0.15) is 61.7 Å². The summed E-state index contributed by atoms with van der Waals surface area (Å²) in [4.78, 5) is 0. The van der Waals surface area contributed by atoms with Gasteiger partial charge < -0.3 is 9.13 Å². The largest absolute Gasteiger partial charge is 0.416 e. The van der Waals surface area contributed by atoms with Crippen LogP contribution in [0.4, 0.5) is 79.0 Å². The summed E-state index contributed by atoms with van der Waals surface area (Å²) in [5, 5.41) is 11.4. The summed E-state index contributed by atoms with van der Waals surface area (Å²) in [6.07, 6.45) is -28.4. The molecule has 0 saturated carbocycles. The maximum Gasteiger partial charge on any atom is 0.416 e. The smallest absolute Gasteiger partial charge is 0.309 e. The molecule has 1 atom stereocenters. The van der Waals surface area contributed by atoms with Gasteiger partial charge in [0, 0.05) is 38.9 Å². The van der Waals surface area contributed by atoms with Crippen molar-refractivity contribution in [3.05, 3.63) is 220 Å². The van der Waals surface area contributed by atoms with E-state index in [0.717, 1.165) is 0 Å². The van der Waals surface area contributed by atoms with Gasteiger partial charge in [0.1, 0.15) is 0 Å². The van der Waals surface area contributed by atoms with E-state index >= 15 is 0 Å². The third-order valence-electron chi connectivity index (χ3n) is 14.4. The Labute approximate surface area is 450 Å². The minimum absolute atomic E-state index is 0.0185. The number of nitrogens with zero attached hydrogens (tertiary/aromatic N) is 3.